The molecule has 0 saturated heterocycles. The van der Waals surface area contributed by atoms with E-state index in [0.717, 1.165) is 49.3 Å². The predicted octanol–water partition coefficient (Wildman–Crippen LogP) is 5.49. The van der Waals surface area contributed by atoms with Gasteiger partial charge < -0.3 is 10.5 Å². The maximum atomic E-state index is 12.5. The van der Waals surface area contributed by atoms with E-state index in [2.05, 4.69) is 25.1 Å². The van der Waals surface area contributed by atoms with E-state index < -0.39 is 0 Å². The summed E-state index contributed by atoms with van der Waals surface area (Å²) in [5.74, 6) is 4.10. The monoisotopic (exact) mass is 361 g/mol. The van der Waals surface area contributed by atoms with Crippen molar-refractivity contribution in [2.75, 3.05) is 5.73 Å². The molecule has 5 rings (SSSR count). The summed E-state index contributed by atoms with van der Waals surface area (Å²) >= 11 is 0. The van der Waals surface area contributed by atoms with Crippen molar-refractivity contribution in [1.29, 1.82) is 0 Å². The molecule has 3 aliphatic carbocycles. The summed E-state index contributed by atoms with van der Waals surface area (Å²) in [5, 5.41) is 0. The van der Waals surface area contributed by atoms with E-state index in [1.165, 1.54) is 17.5 Å². The van der Waals surface area contributed by atoms with Gasteiger partial charge in [-0.1, -0.05) is 13.0 Å². The Morgan fingerprint density at radius 1 is 1.00 bits per heavy atom. The summed E-state index contributed by atoms with van der Waals surface area (Å²) in [5.41, 5.74) is 9.38. The lowest BCUT2D eigenvalue weighted by molar-refractivity contribution is -0.129. The van der Waals surface area contributed by atoms with E-state index in [0.29, 0.717) is 23.5 Å². The zero-order chi connectivity index (χ0) is 18.6. The molecule has 2 N–H and O–H groups in total. The SMILES string of the molecule is C[C@@]12CC[C@H]3c4ccc(Oc5ccc(N)cc5)cc4CC[C@H]3[C@@H]1CCC2=O. The molecule has 2 aromatic rings. The fourth-order valence-electron chi connectivity index (χ4n) is 6.07. The molecule has 0 heterocycles. The zero-order valence-electron chi connectivity index (χ0n) is 15.9. The average Bonchev–Trinajstić information content (AvgIpc) is 2.98. The number of anilines is 1. The molecule has 2 aromatic carbocycles. The molecule has 0 aliphatic heterocycles. The molecule has 27 heavy (non-hydrogen) atoms. The Morgan fingerprint density at radius 2 is 1.78 bits per heavy atom. The van der Waals surface area contributed by atoms with Crippen molar-refractivity contribution >= 4 is 11.5 Å². The Kier molecular flexibility index (Phi) is 3.82. The van der Waals surface area contributed by atoms with E-state index in [1.807, 2.05) is 24.3 Å². The van der Waals surface area contributed by atoms with Crippen molar-refractivity contribution < 1.29 is 9.53 Å². The smallest absolute Gasteiger partial charge is 0.139 e. The summed E-state index contributed by atoms with van der Waals surface area (Å²) in [6.45, 7) is 2.24. The minimum Gasteiger partial charge on any atom is -0.457 e. The normalized spacial score (nSPS) is 31.7. The summed E-state index contributed by atoms with van der Waals surface area (Å²) in [6, 6.07) is 14.1. The number of hydrogen-bond acceptors (Lipinski definition) is 3. The van der Waals surface area contributed by atoms with Crippen LogP contribution < -0.4 is 10.5 Å². The highest BCUT2D eigenvalue weighted by atomic mass is 16.5. The molecule has 3 nitrogen and oxygen atoms in total. The number of carbonyl (C=O) groups excluding carboxylic acids is 1. The average molecular weight is 361 g/mol. The van der Waals surface area contributed by atoms with Crippen molar-refractivity contribution in [2.45, 2.75) is 51.4 Å². The molecule has 0 bridgehead atoms. The summed E-state index contributed by atoms with van der Waals surface area (Å²) in [7, 11) is 0. The van der Waals surface area contributed by atoms with Crippen molar-refractivity contribution in [3.63, 3.8) is 0 Å². The van der Waals surface area contributed by atoms with Gasteiger partial charge in [0.25, 0.3) is 0 Å². The first-order valence-electron chi connectivity index (χ1n) is 10.2. The first-order chi connectivity index (χ1) is 13.0. The first-order valence-corrected chi connectivity index (χ1v) is 10.2. The molecule has 0 unspecified atom stereocenters. The van der Waals surface area contributed by atoms with Crippen LogP contribution in [-0.4, -0.2) is 5.78 Å². The van der Waals surface area contributed by atoms with E-state index in [4.69, 9.17) is 10.5 Å². The zero-order valence-corrected chi connectivity index (χ0v) is 15.9. The first kappa shape index (κ1) is 16.9. The molecule has 4 atom stereocenters. The number of Topliss-reactive ketones (excluding diaryl/α,β-unsaturated/α-hetero) is 1. The number of ether oxygens (including phenoxy) is 1. The van der Waals surface area contributed by atoms with Crippen LogP contribution in [0.4, 0.5) is 5.69 Å². The number of carbonyl (C=O) groups is 1. The molecule has 2 saturated carbocycles. The molecule has 0 aromatic heterocycles. The third-order valence-corrected chi connectivity index (χ3v) is 7.52. The Morgan fingerprint density at radius 3 is 2.59 bits per heavy atom. The van der Waals surface area contributed by atoms with Gasteiger partial charge in [0.15, 0.2) is 0 Å². The third kappa shape index (κ3) is 2.67. The van der Waals surface area contributed by atoms with Crippen LogP contribution in [0.1, 0.15) is 56.1 Å². The largest absolute Gasteiger partial charge is 0.457 e. The lowest BCUT2D eigenvalue weighted by Crippen LogP contribution is -2.42. The van der Waals surface area contributed by atoms with Crippen LogP contribution in [0, 0.1) is 17.3 Å². The lowest BCUT2D eigenvalue weighted by atomic mass is 9.55. The number of nitrogen functional groups attached to an aromatic ring is 1. The van der Waals surface area contributed by atoms with Gasteiger partial charge in [-0.3, -0.25) is 4.79 Å². The van der Waals surface area contributed by atoms with Crippen LogP contribution in [-0.2, 0) is 11.2 Å². The Balaban J connectivity index is 1.40. The second-order valence-electron chi connectivity index (χ2n) is 8.87. The Labute approximate surface area is 160 Å². The minimum atomic E-state index is -0.0448. The van der Waals surface area contributed by atoms with Crippen molar-refractivity contribution in [2.24, 2.45) is 17.3 Å². The summed E-state index contributed by atoms with van der Waals surface area (Å²) in [6.07, 6.45) is 6.40. The van der Waals surface area contributed by atoms with Gasteiger partial charge in [-0.15, -0.1) is 0 Å². The molecular weight excluding hydrogens is 334 g/mol. The molecule has 0 amide bonds. The molecule has 140 valence electrons. The maximum absolute atomic E-state index is 12.5. The summed E-state index contributed by atoms with van der Waals surface area (Å²) < 4.78 is 6.03. The molecular formula is C24H27NO2. The van der Waals surface area contributed by atoms with E-state index >= 15 is 0 Å². The fraction of sp³-hybridized carbons (Fsp3) is 0.458. The number of hydrogen-bond donors (Lipinski definition) is 1. The standard InChI is InChI=1S/C24H27NO2/c1-24-13-12-20-19-9-7-18(27-17-5-3-16(25)4-6-17)14-15(19)2-8-21(20)22(24)10-11-23(24)26/h3-7,9,14,20-22H,2,8,10-13,25H2,1H3/t20-,21+,22-,24+/m0/s1. The fourth-order valence-corrected chi connectivity index (χ4v) is 6.07. The number of benzene rings is 2. The minimum absolute atomic E-state index is 0.0448. The van der Waals surface area contributed by atoms with Gasteiger partial charge in [0.2, 0.25) is 0 Å². The Bertz CT molecular complexity index is 888. The lowest BCUT2D eigenvalue weighted by Gasteiger charge is -2.48. The van der Waals surface area contributed by atoms with Crippen LogP contribution in [0.25, 0.3) is 0 Å². The van der Waals surface area contributed by atoms with Crippen LogP contribution in [0.3, 0.4) is 0 Å². The van der Waals surface area contributed by atoms with Gasteiger partial charge in [-0.05, 0) is 97.4 Å². The highest BCUT2D eigenvalue weighted by Crippen LogP contribution is 2.59. The van der Waals surface area contributed by atoms with Gasteiger partial charge in [0, 0.05) is 17.5 Å². The van der Waals surface area contributed by atoms with Gasteiger partial charge in [-0.2, -0.15) is 0 Å². The van der Waals surface area contributed by atoms with Crippen LogP contribution >= 0.6 is 0 Å². The van der Waals surface area contributed by atoms with Crippen molar-refractivity contribution in [3.8, 4) is 11.5 Å². The van der Waals surface area contributed by atoms with Crippen molar-refractivity contribution in [1.82, 2.24) is 0 Å². The van der Waals surface area contributed by atoms with Gasteiger partial charge >= 0.3 is 0 Å². The number of aryl methyl sites for hydroxylation is 1. The molecule has 2 fully saturated rings. The molecule has 3 aliphatic rings. The molecule has 0 radical (unpaired) electrons. The van der Waals surface area contributed by atoms with Crippen LogP contribution in [0.15, 0.2) is 42.5 Å². The van der Waals surface area contributed by atoms with Crippen LogP contribution in [0.2, 0.25) is 0 Å². The maximum Gasteiger partial charge on any atom is 0.139 e. The number of ketones is 1. The topological polar surface area (TPSA) is 52.3 Å². The van der Waals surface area contributed by atoms with Gasteiger partial charge in [0.1, 0.15) is 17.3 Å². The van der Waals surface area contributed by atoms with Crippen LogP contribution in [0.5, 0.6) is 11.5 Å². The number of rotatable bonds is 2. The number of nitrogens with two attached hydrogens (primary N) is 1. The molecule has 0 spiro atoms. The summed E-state index contributed by atoms with van der Waals surface area (Å²) in [4.78, 5) is 12.5. The van der Waals surface area contributed by atoms with Gasteiger partial charge in [0.05, 0.1) is 0 Å². The predicted molar refractivity (Wildman–Crippen MR) is 107 cm³/mol. The van der Waals surface area contributed by atoms with E-state index in [1.54, 1.807) is 0 Å². The van der Waals surface area contributed by atoms with E-state index in [9.17, 15) is 4.79 Å². The quantitative estimate of drug-likeness (QED) is 0.720. The van der Waals surface area contributed by atoms with E-state index in [-0.39, 0.29) is 5.41 Å². The second-order valence-corrected chi connectivity index (χ2v) is 8.87. The number of fused-ring (bicyclic) bond motifs is 5. The van der Waals surface area contributed by atoms with Crippen molar-refractivity contribution in [3.05, 3.63) is 53.6 Å². The third-order valence-electron chi connectivity index (χ3n) is 7.52. The highest BCUT2D eigenvalue weighted by molar-refractivity contribution is 5.87. The Hall–Kier alpha value is -2.29. The second kappa shape index (κ2) is 6.12. The highest BCUT2D eigenvalue weighted by Gasteiger charge is 2.54. The van der Waals surface area contributed by atoms with Gasteiger partial charge in [-0.25, -0.2) is 0 Å². The molecule has 3 heteroatoms.